The molecular formula is C10H9ClF2O2. The predicted octanol–water partition coefficient (Wildman–Crippen LogP) is 2.88. The first kappa shape index (κ1) is 11.9. The van der Waals surface area contributed by atoms with Crippen LogP contribution in [0.3, 0.4) is 0 Å². The third-order valence-electron chi connectivity index (χ3n) is 1.74. The van der Waals surface area contributed by atoms with Gasteiger partial charge in [-0.05, 0) is 24.6 Å². The zero-order valence-corrected chi connectivity index (χ0v) is 8.78. The van der Waals surface area contributed by atoms with E-state index in [1.807, 2.05) is 0 Å². The largest absolute Gasteiger partial charge is 0.462 e. The molecule has 0 saturated heterocycles. The SMILES string of the molecule is CCOC(=O)c1c(F)cc(CCl)cc1F. The first-order valence-corrected chi connectivity index (χ1v) is 4.84. The number of hydrogen-bond donors (Lipinski definition) is 0. The fourth-order valence-electron chi connectivity index (χ4n) is 1.10. The van der Waals surface area contributed by atoms with Crippen LogP contribution < -0.4 is 0 Å². The van der Waals surface area contributed by atoms with Crippen LogP contribution >= 0.6 is 11.6 Å². The van der Waals surface area contributed by atoms with E-state index in [1.165, 1.54) is 0 Å². The Kier molecular flexibility index (Phi) is 4.03. The minimum Gasteiger partial charge on any atom is -0.462 e. The molecule has 0 amide bonds. The number of benzene rings is 1. The molecule has 1 rings (SSSR count). The lowest BCUT2D eigenvalue weighted by atomic mass is 10.1. The average molecular weight is 235 g/mol. The molecule has 0 bridgehead atoms. The van der Waals surface area contributed by atoms with E-state index in [1.54, 1.807) is 6.92 Å². The van der Waals surface area contributed by atoms with E-state index in [2.05, 4.69) is 4.74 Å². The van der Waals surface area contributed by atoms with Crippen LogP contribution in [-0.4, -0.2) is 12.6 Å². The van der Waals surface area contributed by atoms with E-state index in [0.29, 0.717) is 0 Å². The molecule has 1 aromatic rings. The number of esters is 1. The average Bonchev–Trinajstić information content (AvgIpc) is 2.16. The number of alkyl halides is 1. The molecule has 0 heterocycles. The van der Waals surface area contributed by atoms with Crippen molar-refractivity contribution in [1.29, 1.82) is 0 Å². The Morgan fingerprint density at radius 2 is 1.93 bits per heavy atom. The van der Waals surface area contributed by atoms with Crippen molar-refractivity contribution >= 4 is 17.6 Å². The van der Waals surface area contributed by atoms with Gasteiger partial charge in [0.25, 0.3) is 0 Å². The molecule has 5 heteroatoms. The molecule has 0 fully saturated rings. The van der Waals surface area contributed by atoms with Gasteiger partial charge in [-0.3, -0.25) is 0 Å². The van der Waals surface area contributed by atoms with E-state index in [9.17, 15) is 13.6 Å². The molecule has 1 aromatic carbocycles. The topological polar surface area (TPSA) is 26.3 Å². The van der Waals surface area contributed by atoms with Crippen molar-refractivity contribution in [2.75, 3.05) is 6.61 Å². The number of hydrogen-bond acceptors (Lipinski definition) is 2. The lowest BCUT2D eigenvalue weighted by molar-refractivity contribution is 0.0515. The molecule has 82 valence electrons. The van der Waals surface area contributed by atoms with Crippen molar-refractivity contribution in [3.63, 3.8) is 0 Å². The summed E-state index contributed by atoms with van der Waals surface area (Å²) in [6.07, 6.45) is 0. The van der Waals surface area contributed by atoms with Gasteiger partial charge in [0.15, 0.2) is 0 Å². The second-order valence-corrected chi connectivity index (χ2v) is 3.06. The molecule has 0 aliphatic rings. The molecule has 0 saturated carbocycles. The van der Waals surface area contributed by atoms with Gasteiger partial charge in [-0.2, -0.15) is 0 Å². The van der Waals surface area contributed by atoms with E-state index >= 15 is 0 Å². The Morgan fingerprint density at radius 3 is 2.33 bits per heavy atom. The second-order valence-electron chi connectivity index (χ2n) is 2.79. The van der Waals surface area contributed by atoms with Gasteiger partial charge >= 0.3 is 5.97 Å². The lowest BCUT2D eigenvalue weighted by Gasteiger charge is -2.05. The standard InChI is InChI=1S/C10H9ClF2O2/c1-2-15-10(14)9-7(12)3-6(5-11)4-8(9)13/h3-4H,2,5H2,1H3. The van der Waals surface area contributed by atoms with Crippen LogP contribution in [-0.2, 0) is 10.6 Å². The first-order valence-electron chi connectivity index (χ1n) is 4.31. The summed E-state index contributed by atoms with van der Waals surface area (Å²) in [5.74, 6) is -2.93. The quantitative estimate of drug-likeness (QED) is 0.594. The minimum atomic E-state index is -1.01. The summed E-state index contributed by atoms with van der Waals surface area (Å²) in [5, 5.41) is 0. The zero-order chi connectivity index (χ0) is 11.4. The van der Waals surface area contributed by atoms with Crippen molar-refractivity contribution in [2.24, 2.45) is 0 Å². The lowest BCUT2D eigenvalue weighted by Crippen LogP contribution is -2.10. The summed E-state index contributed by atoms with van der Waals surface area (Å²) < 4.78 is 31.1. The highest BCUT2D eigenvalue weighted by molar-refractivity contribution is 6.17. The maximum absolute atomic E-state index is 13.3. The Labute approximate surface area is 90.8 Å². The van der Waals surface area contributed by atoms with Crippen LogP contribution in [0.15, 0.2) is 12.1 Å². The number of carbonyl (C=O) groups is 1. The summed E-state index contributed by atoms with van der Waals surface area (Å²) in [5.41, 5.74) is -0.398. The molecule has 0 radical (unpaired) electrons. The summed E-state index contributed by atoms with van der Waals surface area (Å²) >= 11 is 5.41. The van der Waals surface area contributed by atoms with Gasteiger partial charge in [-0.1, -0.05) is 0 Å². The van der Waals surface area contributed by atoms with E-state index < -0.39 is 23.2 Å². The Bertz CT molecular complexity index is 357. The number of carbonyl (C=O) groups excluding carboxylic acids is 1. The van der Waals surface area contributed by atoms with E-state index in [-0.39, 0.29) is 18.1 Å². The highest BCUT2D eigenvalue weighted by Gasteiger charge is 2.19. The van der Waals surface area contributed by atoms with Crippen molar-refractivity contribution in [1.82, 2.24) is 0 Å². The van der Waals surface area contributed by atoms with E-state index in [4.69, 9.17) is 11.6 Å². The van der Waals surface area contributed by atoms with Crippen molar-refractivity contribution in [2.45, 2.75) is 12.8 Å². The van der Waals surface area contributed by atoms with Gasteiger partial charge in [-0.15, -0.1) is 11.6 Å². The zero-order valence-electron chi connectivity index (χ0n) is 8.02. The number of ether oxygens (including phenoxy) is 1. The first-order chi connectivity index (χ1) is 7.10. The molecule has 0 aromatic heterocycles. The summed E-state index contributed by atoms with van der Waals surface area (Å²) in [6, 6.07) is 2.03. The van der Waals surface area contributed by atoms with Gasteiger partial charge in [0.2, 0.25) is 0 Å². The maximum atomic E-state index is 13.3. The van der Waals surface area contributed by atoms with Crippen LogP contribution in [0.1, 0.15) is 22.8 Å². The third kappa shape index (κ3) is 2.65. The van der Waals surface area contributed by atoms with Gasteiger partial charge < -0.3 is 4.74 Å². The second kappa shape index (κ2) is 5.07. The van der Waals surface area contributed by atoms with Crippen LogP contribution in [0.5, 0.6) is 0 Å². The third-order valence-corrected chi connectivity index (χ3v) is 2.04. The Balaban J connectivity index is 3.13. The predicted molar refractivity (Wildman–Crippen MR) is 51.9 cm³/mol. The highest BCUT2D eigenvalue weighted by atomic mass is 35.5. The van der Waals surface area contributed by atoms with Crippen molar-refractivity contribution in [3.05, 3.63) is 34.9 Å². The van der Waals surface area contributed by atoms with Crippen molar-refractivity contribution in [3.8, 4) is 0 Å². The maximum Gasteiger partial charge on any atom is 0.344 e. The number of halogens is 3. The van der Waals surface area contributed by atoms with Crippen molar-refractivity contribution < 1.29 is 18.3 Å². The molecule has 0 N–H and O–H groups in total. The normalized spacial score (nSPS) is 10.1. The highest BCUT2D eigenvalue weighted by Crippen LogP contribution is 2.17. The van der Waals surface area contributed by atoms with Crippen LogP contribution in [0.25, 0.3) is 0 Å². The molecule has 0 atom stereocenters. The molecule has 0 spiro atoms. The van der Waals surface area contributed by atoms with Crippen LogP contribution in [0.4, 0.5) is 8.78 Å². The fourth-order valence-corrected chi connectivity index (χ4v) is 1.26. The molecule has 0 aliphatic heterocycles. The summed E-state index contributed by atoms with van der Waals surface area (Å²) in [7, 11) is 0. The van der Waals surface area contributed by atoms with Gasteiger partial charge in [0.05, 0.1) is 6.61 Å². The Morgan fingerprint density at radius 1 is 1.40 bits per heavy atom. The molecule has 15 heavy (non-hydrogen) atoms. The minimum absolute atomic E-state index is 0.0169. The van der Waals surface area contributed by atoms with Gasteiger partial charge in [0, 0.05) is 5.88 Å². The molecule has 0 unspecified atom stereocenters. The molecular weight excluding hydrogens is 226 g/mol. The smallest absolute Gasteiger partial charge is 0.344 e. The number of rotatable bonds is 3. The molecule has 0 aliphatic carbocycles. The van der Waals surface area contributed by atoms with Crippen LogP contribution in [0.2, 0.25) is 0 Å². The van der Waals surface area contributed by atoms with Gasteiger partial charge in [0.1, 0.15) is 17.2 Å². The van der Waals surface area contributed by atoms with Gasteiger partial charge in [-0.25, -0.2) is 13.6 Å². The summed E-state index contributed by atoms with van der Waals surface area (Å²) in [4.78, 5) is 11.2. The van der Waals surface area contributed by atoms with E-state index in [0.717, 1.165) is 12.1 Å². The molecule has 2 nitrogen and oxygen atoms in total. The summed E-state index contributed by atoms with van der Waals surface area (Å²) in [6.45, 7) is 1.62. The fraction of sp³-hybridized carbons (Fsp3) is 0.300. The van der Waals surface area contributed by atoms with Crippen LogP contribution in [0, 0.1) is 11.6 Å². The monoisotopic (exact) mass is 234 g/mol. The Hall–Kier alpha value is -1.16.